The summed E-state index contributed by atoms with van der Waals surface area (Å²) in [5.74, 6) is 0. The summed E-state index contributed by atoms with van der Waals surface area (Å²) in [6.45, 7) is 1.54. The van der Waals surface area contributed by atoms with Crippen molar-refractivity contribution >= 4 is 64.9 Å². The molecule has 0 saturated carbocycles. The smallest absolute Gasteiger partial charge is 0.278 e. The van der Waals surface area contributed by atoms with Crippen LogP contribution < -0.4 is 0 Å². The van der Waals surface area contributed by atoms with Gasteiger partial charge in [0, 0.05) is 34.8 Å². The molecule has 7 heteroatoms. The molecule has 0 heterocycles. The van der Waals surface area contributed by atoms with Crippen molar-refractivity contribution in [2.24, 2.45) is 0 Å². The summed E-state index contributed by atoms with van der Waals surface area (Å²) in [6, 6.07) is 0. The minimum atomic E-state index is -4.01. The van der Waals surface area contributed by atoms with E-state index in [1.165, 1.54) is 6.92 Å². The third kappa shape index (κ3) is 5.29. The molecule has 57 valence electrons. The Kier molecular flexibility index (Phi) is 7.49. The standard InChI is InChI=1S/C3H8O3S3.Na/c1-2(7)3(8)9(4,5)6;/h2-3,7-8H,1H3,(H,4,5,6);. The van der Waals surface area contributed by atoms with Crippen molar-refractivity contribution in [3.63, 3.8) is 0 Å². The van der Waals surface area contributed by atoms with E-state index >= 15 is 0 Å². The van der Waals surface area contributed by atoms with Gasteiger partial charge in [-0.1, -0.05) is 6.92 Å². The van der Waals surface area contributed by atoms with Crippen LogP contribution in [0.25, 0.3) is 0 Å². The van der Waals surface area contributed by atoms with Gasteiger partial charge >= 0.3 is 0 Å². The van der Waals surface area contributed by atoms with Crippen molar-refractivity contribution in [3.8, 4) is 0 Å². The van der Waals surface area contributed by atoms with Crippen molar-refractivity contribution in [1.29, 1.82) is 0 Å². The van der Waals surface area contributed by atoms with Crippen molar-refractivity contribution < 1.29 is 13.0 Å². The van der Waals surface area contributed by atoms with Crippen LogP contribution in [-0.4, -0.2) is 52.4 Å². The van der Waals surface area contributed by atoms with Gasteiger partial charge in [0.2, 0.25) is 0 Å². The van der Waals surface area contributed by atoms with Crippen LogP contribution in [0, 0.1) is 0 Å². The average Bonchev–Trinajstić information content (AvgIpc) is 1.62. The zero-order valence-electron chi connectivity index (χ0n) is 5.72. The Bertz CT molecular complexity index is 175. The molecule has 0 aliphatic rings. The molecule has 0 rings (SSSR count). The molecule has 0 amide bonds. The molecule has 1 radical (unpaired) electrons. The fourth-order valence-corrected chi connectivity index (χ4v) is 1.21. The predicted molar refractivity (Wildman–Crippen MR) is 48.5 cm³/mol. The molecule has 0 spiro atoms. The van der Waals surface area contributed by atoms with E-state index in [-0.39, 0.29) is 29.6 Å². The van der Waals surface area contributed by atoms with Crippen LogP contribution >= 0.6 is 25.3 Å². The van der Waals surface area contributed by atoms with E-state index in [4.69, 9.17) is 4.55 Å². The molecule has 0 aromatic heterocycles. The molecule has 3 nitrogen and oxygen atoms in total. The molecule has 0 fully saturated rings. The van der Waals surface area contributed by atoms with Crippen molar-refractivity contribution in [3.05, 3.63) is 0 Å². The predicted octanol–water partition coefficient (Wildman–Crippen LogP) is 0.0676. The van der Waals surface area contributed by atoms with Gasteiger partial charge in [0.1, 0.15) is 4.58 Å². The van der Waals surface area contributed by atoms with Gasteiger partial charge in [0.15, 0.2) is 0 Å². The molecule has 0 aromatic rings. The second kappa shape index (κ2) is 5.29. The normalized spacial score (nSPS) is 17.2. The van der Waals surface area contributed by atoms with E-state index in [0.29, 0.717) is 0 Å². The van der Waals surface area contributed by atoms with Gasteiger partial charge in [0.05, 0.1) is 0 Å². The van der Waals surface area contributed by atoms with Gasteiger partial charge in [-0.2, -0.15) is 33.7 Å². The molecular weight excluding hydrogens is 203 g/mol. The van der Waals surface area contributed by atoms with Gasteiger partial charge in [-0.05, 0) is 0 Å². The molecular formula is C3H8NaO3S3. The van der Waals surface area contributed by atoms with Gasteiger partial charge in [-0.15, -0.1) is 0 Å². The number of thiol groups is 2. The molecule has 0 aliphatic carbocycles. The minimum Gasteiger partial charge on any atom is -0.285 e. The molecule has 0 saturated heterocycles. The molecule has 0 bridgehead atoms. The van der Waals surface area contributed by atoms with Crippen LogP contribution in [0.2, 0.25) is 0 Å². The van der Waals surface area contributed by atoms with E-state index < -0.39 is 20.0 Å². The molecule has 1 N–H and O–H groups in total. The average molecular weight is 211 g/mol. The van der Waals surface area contributed by atoms with E-state index in [0.717, 1.165) is 0 Å². The monoisotopic (exact) mass is 211 g/mol. The Labute approximate surface area is 93.8 Å². The molecule has 0 aliphatic heterocycles. The van der Waals surface area contributed by atoms with Crippen LogP contribution in [0.15, 0.2) is 0 Å². The summed E-state index contributed by atoms with van der Waals surface area (Å²) in [6.07, 6.45) is 0. The Morgan fingerprint density at radius 2 is 1.70 bits per heavy atom. The number of hydrogen-bond donors (Lipinski definition) is 3. The van der Waals surface area contributed by atoms with Crippen LogP contribution in [0.3, 0.4) is 0 Å². The topological polar surface area (TPSA) is 54.4 Å². The molecule has 2 unspecified atom stereocenters. The van der Waals surface area contributed by atoms with Gasteiger partial charge in [-0.3, -0.25) is 4.55 Å². The molecule has 2 atom stereocenters. The van der Waals surface area contributed by atoms with Gasteiger partial charge < -0.3 is 0 Å². The summed E-state index contributed by atoms with van der Waals surface area (Å²) in [5, 5.41) is -0.469. The van der Waals surface area contributed by atoms with Crippen LogP contribution in [0.4, 0.5) is 0 Å². The summed E-state index contributed by atoms with van der Waals surface area (Å²) in [4.78, 5) is 0. The minimum absolute atomic E-state index is 0. The first-order valence-corrected chi connectivity index (χ1v) is 4.71. The van der Waals surface area contributed by atoms with Gasteiger partial charge in [-0.25, -0.2) is 0 Å². The first kappa shape index (κ1) is 14.2. The zero-order chi connectivity index (χ0) is 7.65. The third-order valence-electron chi connectivity index (χ3n) is 0.718. The number of rotatable bonds is 2. The first-order valence-electron chi connectivity index (χ1n) is 2.18. The third-order valence-corrected chi connectivity index (χ3v) is 3.72. The molecule has 10 heavy (non-hydrogen) atoms. The quantitative estimate of drug-likeness (QED) is 0.344. The second-order valence-electron chi connectivity index (χ2n) is 1.65. The fraction of sp³-hybridized carbons (Fsp3) is 1.00. The molecule has 0 aromatic carbocycles. The van der Waals surface area contributed by atoms with Gasteiger partial charge in [0.25, 0.3) is 10.1 Å². The van der Waals surface area contributed by atoms with Crippen LogP contribution in [0.1, 0.15) is 6.92 Å². The largest absolute Gasteiger partial charge is 0.285 e. The SMILES string of the molecule is CC(S)C(S)S(=O)(=O)O.[Na]. The second-order valence-corrected chi connectivity index (χ2v) is 4.90. The first-order chi connectivity index (χ1) is 3.85. The van der Waals surface area contributed by atoms with E-state index in [9.17, 15) is 8.42 Å². The zero-order valence-corrected chi connectivity index (χ0v) is 10.3. The number of hydrogen-bond acceptors (Lipinski definition) is 4. The summed E-state index contributed by atoms with van der Waals surface area (Å²) < 4.78 is 27.6. The maximum atomic E-state index is 10.2. The van der Waals surface area contributed by atoms with Crippen molar-refractivity contribution in [2.45, 2.75) is 16.8 Å². The summed E-state index contributed by atoms with van der Waals surface area (Å²) >= 11 is 7.36. The van der Waals surface area contributed by atoms with Crippen LogP contribution in [-0.2, 0) is 10.1 Å². The van der Waals surface area contributed by atoms with E-state index in [2.05, 4.69) is 25.3 Å². The van der Waals surface area contributed by atoms with Crippen molar-refractivity contribution in [2.75, 3.05) is 0 Å². The maximum Gasteiger partial charge on any atom is 0.278 e. The Morgan fingerprint density at radius 1 is 1.40 bits per heavy atom. The maximum absolute atomic E-state index is 10.2. The van der Waals surface area contributed by atoms with Crippen LogP contribution in [0.5, 0.6) is 0 Å². The fourth-order valence-electron chi connectivity index (χ4n) is 0.249. The Hall–Kier alpha value is 1.61. The van der Waals surface area contributed by atoms with E-state index in [1.54, 1.807) is 0 Å². The van der Waals surface area contributed by atoms with Crippen molar-refractivity contribution in [1.82, 2.24) is 0 Å². The summed E-state index contributed by atoms with van der Waals surface area (Å²) in [7, 11) is -4.01. The Morgan fingerprint density at radius 3 is 1.70 bits per heavy atom. The Balaban J connectivity index is 0. The van der Waals surface area contributed by atoms with E-state index in [1.807, 2.05) is 0 Å². The summed E-state index contributed by atoms with van der Waals surface area (Å²) in [5.41, 5.74) is 0.